The normalized spacial score (nSPS) is 16.9. The summed E-state index contributed by atoms with van der Waals surface area (Å²) in [4.78, 5) is 81.7. The van der Waals surface area contributed by atoms with Crippen LogP contribution in [0, 0.1) is 0 Å². The van der Waals surface area contributed by atoms with Crippen LogP contribution in [0.5, 0.6) is 0 Å². The largest absolute Gasteiger partial charge is 0.453 e. The van der Waals surface area contributed by atoms with Gasteiger partial charge in [-0.1, -0.05) is 97.1 Å². The predicted molar refractivity (Wildman–Crippen MR) is 235 cm³/mol. The summed E-state index contributed by atoms with van der Waals surface area (Å²) in [5.41, 5.74) is 6.12. The number of hydrogen-bond acceptors (Lipinski definition) is 9. The van der Waals surface area contributed by atoms with Gasteiger partial charge in [-0.15, -0.1) is 0 Å². The number of alkyl carbamates (subject to hydrolysis) is 2. The number of carbonyl (C=O) groups is 5. The molecule has 15 heteroatoms. The number of ether oxygens (including phenoxy) is 2. The van der Waals surface area contributed by atoms with Crippen LogP contribution < -0.4 is 16.0 Å². The molecule has 4 N–H and O–H groups in total. The van der Waals surface area contributed by atoms with Gasteiger partial charge >= 0.3 is 12.2 Å². The molecule has 0 spiro atoms. The second kappa shape index (κ2) is 19.0. The molecule has 0 aliphatic carbocycles. The van der Waals surface area contributed by atoms with Crippen LogP contribution in [-0.2, 0) is 19.1 Å². The van der Waals surface area contributed by atoms with E-state index in [4.69, 9.17) is 9.47 Å². The van der Waals surface area contributed by atoms with E-state index in [0.29, 0.717) is 42.0 Å². The van der Waals surface area contributed by atoms with Crippen molar-refractivity contribution >= 4 is 40.8 Å². The fourth-order valence-electron chi connectivity index (χ4n) is 8.44. The van der Waals surface area contributed by atoms with Crippen LogP contribution in [0.3, 0.4) is 0 Å². The van der Waals surface area contributed by atoms with Crippen LogP contribution in [0.15, 0.2) is 122 Å². The highest BCUT2D eigenvalue weighted by Crippen LogP contribution is 2.35. The summed E-state index contributed by atoms with van der Waals surface area (Å²) in [6.07, 6.45) is 4.96. The monoisotopic (exact) mass is 848 g/mol. The lowest BCUT2D eigenvalue weighted by Gasteiger charge is -2.29. The number of imidazole rings is 1. The van der Waals surface area contributed by atoms with Crippen molar-refractivity contribution in [2.75, 3.05) is 33.9 Å². The van der Waals surface area contributed by atoms with Gasteiger partial charge in [-0.2, -0.15) is 0 Å². The van der Waals surface area contributed by atoms with Crippen molar-refractivity contribution in [3.63, 3.8) is 0 Å². The van der Waals surface area contributed by atoms with E-state index in [9.17, 15) is 24.0 Å². The van der Waals surface area contributed by atoms with Crippen LogP contribution in [0.1, 0.15) is 71.1 Å². The molecule has 5 amide bonds. The van der Waals surface area contributed by atoms with Gasteiger partial charge < -0.3 is 40.2 Å². The zero-order chi connectivity index (χ0) is 43.9. The molecule has 63 heavy (non-hydrogen) atoms. The van der Waals surface area contributed by atoms with Gasteiger partial charge in [-0.25, -0.2) is 14.6 Å². The van der Waals surface area contributed by atoms with E-state index in [1.54, 1.807) is 64.7 Å². The Morgan fingerprint density at radius 2 is 1.27 bits per heavy atom. The van der Waals surface area contributed by atoms with E-state index in [1.165, 1.54) is 14.2 Å². The summed E-state index contributed by atoms with van der Waals surface area (Å²) in [5.74, 6) is -0.108. The lowest BCUT2D eigenvalue weighted by atomic mass is 10.0. The Labute approximate surface area is 364 Å². The maximum Gasteiger partial charge on any atom is 0.407 e. The van der Waals surface area contributed by atoms with Crippen LogP contribution in [0.2, 0.25) is 0 Å². The third-order valence-electron chi connectivity index (χ3n) is 11.7. The van der Waals surface area contributed by atoms with E-state index in [-0.39, 0.29) is 36.3 Å². The van der Waals surface area contributed by atoms with E-state index in [1.807, 2.05) is 66.7 Å². The average molecular weight is 849 g/mol. The number of nitrogens with one attached hydrogen (secondary N) is 4. The van der Waals surface area contributed by atoms with E-state index >= 15 is 0 Å². The van der Waals surface area contributed by atoms with Crippen LogP contribution in [0.25, 0.3) is 33.3 Å². The van der Waals surface area contributed by atoms with Crippen molar-refractivity contribution in [1.29, 1.82) is 0 Å². The summed E-state index contributed by atoms with van der Waals surface area (Å²) in [6, 6.07) is 31.6. The average Bonchev–Trinajstić information content (AvgIpc) is 4.14. The minimum atomic E-state index is -0.917. The quantitative estimate of drug-likeness (QED) is 0.102. The maximum atomic E-state index is 13.9. The minimum absolute atomic E-state index is 0.229. The van der Waals surface area contributed by atoms with Crippen molar-refractivity contribution in [3.05, 3.63) is 144 Å². The third kappa shape index (κ3) is 9.37. The first kappa shape index (κ1) is 42.2. The Morgan fingerprint density at radius 3 is 1.92 bits per heavy atom. The molecule has 322 valence electrons. The number of benzene rings is 4. The molecule has 6 aromatic rings. The molecule has 2 aromatic heterocycles. The van der Waals surface area contributed by atoms with Crippen molar-refractivity contribution in [2.45, 2.75) is 49.9 Å². The van der Waals surface area contributed by atoms with E-state index in [0.717, 1.165) is 52.5 Å². The van der Waals surface area contributed by atoms with Gasteiger partial charge in [-0.3, -0.25) is 19.4 Å². The lowest BCUT2D eigenvalue weighted by molar-refractivity contribution is -0.135. The number of nitrogens with zero attached hydrogens (tertiary/aromatic N) is 4. The van der Waals surface area contributed by atoms with Gasteiger partial charge in [0.1, 0.15) is 17.9 Å². The van der Waals surface area contributed by atoms with Gasteiger partial charge in [-0.05, 0) is 65.6 Å². The van der Waals surface area contributed by atoms with E-state index in [2.05, 4.69) is 30.9 Å². The van der Waals surface area contributed by atoms with Crippen LogP contribution in [0.4, 0.5) is 9.59 Å². The van der Waals surface area contributed by atoms with Crippen LogP contribution in [-0.4, -0.2) is 94.6 Å². The SMILES string of the molecule is COC(=O)NC(C(=O)N1CCCC1CNC(=O)c1cnc2cc(-c3ccc(-c4cnc(C5CCCN5C(=O)C(NC(=O)OC)c5ccccc5)[nH]4)cc3)ccc2c1)c1ccccc1. The molecule has 2 aliphatic heterocycles. The first-order valence-electron chi connectivity index (χ1n) is 20.9. The van der Waals surface area contributed by atoms with Gasteiger partial charge in [0.05, 0.1) is 43.2 Å². The van der Waals surface area contributed by atoms with Crippen molar-refractivity contribution in [3.8, 4) is 22.4 Å². The topological polar surface area (TPSA) is 188 Å². The van der Waals surface area contributed by atoms with Crippen molar-refractivity contribution in [2.24, 2.45) is 0 Å². The fourth-order valence-corrected chi connectivity index (χ4v) is 8.44. The summed E-state index contributed by atoms with van der Waals surface area (Å²) in [5, 5.41) is 9.17. The number of aromatic nitrogens is 3. The number of aromatic amines is 1. The number of carbonyl (C=O) groups excluding carboxylic acids is 5. The standard InChI is InChI=1S/C48H48N8O7/c1-62-47(60)53-41(32-11-5-3-6-12-32)45(58)55-23-9-15-37(55)28-51-44(57)36-25-35-22-21-34(26-38(35)49-27-36)30-17-19-31(20-18-30)39-29-50-43(52-39)40-16-10-24-56(40)46(59)42(54-48(61)63-2)33-13-7-4-8-14-33/h3-8,11-14,17-22,25-27,29,37,40-42H,9-10,15-16,23-24,28H2,1-2H3,(H,50,52)(H,51,57)(H,53,60)(H,54,61). The second-order valence-corrected chi connectivity index (χ2v) is 15.6. The molecule has 2 fully saturated rings. The Bertz CT molecular complexity index is 2600. The number of methoxy groups -OCH3 is 2. The number of pyridine rings is 1. The van der Waals surface area contributed by atoms with Gasteiger partial charge in [0, 0.05) is 37.3 Å². The molecule has 4 heterocycles. The third-order valence-corrected chi connectivity index (χ3v) is 11.7. The number of fused-ring (bicyclic) bond motifs is 1. The molecule has 0 bridgehead atoms. The molecule has 4 atom stereocenters. The number of hydrogen-bond donors (Lipinski definition) is 4. The predicted octanol–water partition coefficient (Wildman–Crippen LogP) is 6.87. The first-order chi connectivity index (χ1) is 30.7. The number of likely N-dealkylation sites (tertiary alicyclic amines) is 2. The second-order valence-electron chi connectivity index (χ2n) is 15.6. The van der Waals surface area contributed by atoms with Gasteiger partial charge in [0.2, 0.25) is 5.91 Å². The summed E-state index contributed by atoms with van der Waals surface area (Å²) < 4.78 is 9.61. The number of H-pyrrole nitrogens is 1. The molecule has 2 aliphatic rings. The van der Waals surface area contributed by atoms with E-state index < -0.39 is 24.3 Å². The fraction of sp³-hybridized carbons (Fsp3) is 0.271. The molecule has 15 nitrogen and oxygen atoms in total. The highest BCUT2D eigenvalue weighted by atomic mass is 16.5. The summed E-state index contributed by atoms with van der Waals surface area (Å²) in [6.45, 7) is 1.30. The Hall–Kier alpha value is -7.55. The van der Waals surface area contributed by atoms with Crippen molar-refractivity contribution < 1.29 is 33.4 Å². The highest BCUT2D eigenvalue weighted by Gasteiger charge is 2.38. The summed E-state index contributed by atoms with van der Waals surface area (Å²) >= 11 is 0. The zero-order valence-corrected chi connectivity index (χ0v) is 35.0. The molecule has 8 rings (SSSR count). The number of rotatable bonds is 12. The smallest absolute Gasteiger partial charge is 0.407 e. The van der Waals surface area contributed by atoms with Crippen molar-refractivity contribution in [1.82, 2.24) is 40.7 Å². The number of amides is 5. The first-order valence-corrected chi connectivity index (χ1v) is 20.9. The lowest BCUT2D eigenvalue weighted by Crippen LogP contribution is -2.48. The minimum Gasteiger partial charge on any atom is -0.453 e. The zero-order valence-electron chi connectivity index (χ0n) is 35.0. The maximum absolute atomic E-state index is 13.9. The molecule has 4 unspecified atom stereocenters. The molecular weight excluding hydrogens is 801 g/mol. The Kier molecular flexibility index (Phi) is 12.7. The Balaban J connectivity index is 0.901. The van der Waals surface area contributed by atoms with Gasteiger partial charge in [0.15, 0.2) is 0 Å². The molecule has 4 aromatic carbocycles. The molecule has 0 radical (unpaired) electrons. The Morgan fingerprint density at radius 1 is 0.683 bits per heavy atom. The molecule has 2 saturated heterocycles. The highest BCUT2D eigenvalue weighted by molar-refractivity contribution is 5.98. The van der Waals surface area contributed by atoms with Gasteiger partial charge in [0.25, 0.3) is 11.8 Å². The van der Waals surface area contributed by atoms with Crippen LogP contribution >= 0.6 is 0 Å². The molecular formula is C48H48N8O7. The summed E-state index contributed by atoms with van der Waals surface area (Å²) in [7, 11) is 2.53. The molecule has 0 saturated carbocycles.